The molecule has 0 amide bonds. The van der Waals surface area contributed by atoms with Crippen molar-refractivity contribution in [1.82, 2.24) is 10.2 Å². The Morgan fingerprint density at radius 1 is 0.953 bits per heavy atom. The molecule has 0 spiro atoms. The van der Waals surface area contributed by atoms with Gasteiger partial charge in [-0.15, -0.1) is 0 Å². The van der Waals surface area contributed by atoms with Gasteiger partial charge in [0.2, 0.25) is 7.28 Å². The highest BCUT2D eigenvalue weighted by molar-refractivity contribution is 6.61. The van der Waals surface area contributed by atoms with Crippen LogP contribution in [0.3, 0.4) is 0 Å². The summed E-state index contributed by atoms with van der Waals surface area (Å²) in [5.41, 5.74) is 12.4. The molecule has 0 saturated carbocycles. The van der Waals surface area contributed by atoms with E-state index in [0.717, 1.165) is 48.7 Å². The Labute approximate surface area is 393 Å². The Hall–Kier alpha value is -4.18. The molecule has 4 heteroatoms. The third kappa shape index (κ3) is 14.7. The van der Waals surface area contributed by atoms with Crippen molar-refractivity contribution in [1.29, 1.82) is 0 Å². The van der Waals surface area contributed by atoms with E-state index in [-0.39, 0.29) is 27.7 Å². The van der Waals surface area contributed by atoms with Crippen LogP contribution in [0.1, 0.15) is 162 Å². The minimum atomic E-state index is -0.0576. The summed E-state index contributed by atoms with van der Waals surface area (Å²) in [7, 11) is 2.35. The summed E-state index contributed by atoms with van der Waals surface area (Å²) in [6.07, 6.45) is 35.6. The SMILES string of the molecule is C\C=C/C=C(C)/C(=C\C(C)(C)C)C(C/C=C/C(C)(C)C)N(C1=C([B]c2cc3cc(C(C)(C)C)ccc3o2)C=C(C(C)(C)CC)C(CC)C1)C(/C=C\C)=C/CNC1=CCC(C(C)C)C=C1. The third-order valence-electron chi connectivity index (χ3n) is 13.1. The van der Waals surface area contributed by atoms with Crippen molar-refractivity contribution >= 4 is 23.9 Å². The van der Waals surface area contributed by atoms with E-state index < -0.39 is 0 Å². The van der Waals surface area contributed by atoms with E-state index in [1.54, 1.807) is 0 Å². The predicted molar refractivity (Wildman–Crippen MR) is 284 cm³/mol. The molecule has 1 heterocycles. The number of fused-ring (bicyclic) bond motifs is 1. The van der Waals surface area contributed by atoms with Crippen LogP contribution >= 0.6 is 0 Å². The van der Waals surface area contributed by atoms with Gasteiger partial charge in [-0.3, -0.25) is 0 Å². The molecule has 0 aliphatic heterocycles. The van der Waals surface area contributed by atoms with Crippen LogP contribution in [0.2, 0.25) is 0 Å². The van der Waals surface area contributed by atoms with Crippen LogP contribution in [-0.4, -0.2) is 24.8 Å². The van der Waals surface area contributed by atoms with Gasteiger partial charge in [-0.05, 0) is 145 Å². The Morgan fingerprint density at radius 3 is 2.23 bits per heavy atom. The Bertz CT molecular complexity index is 2200. The Morgan fingerprint density at radius 2 is 1.67 bits per heavy atom. The summed E-state index contributed by atoms with van der Waals surface area (Å²) in [5.74, 6) is 1.62. The minimum absolute atomic E-state index is 0.00238. The van der Waals surface area contributed by atoms with Crippen molar-refractivity contribution in [2.75, 3.05) is 6.54 Å². The molecular weight excluding hydrogens is 775 g/mol. The smallest absolute Gasteiger partial charge is 0.243 e. The number of allylic oxidation sites excluding steroid dienone is 14. The number of benzene rings is 1. The molecule has 1 N–H and O–H groups in total. The number of hydrogen-bond acceptors (Lipinski definition) is 3. The molecule has 1 aromatic carbocycles. The van der Waals surface area contributed by atoms with Crippen LogP contribution in [-0.2, 0) is 5.41 Å². The summed E-state index contributed by atoms with van der Waals surface area (Å²) in [4.78, 5) is 2.74. The summed E-state index contributed by atoms with van der Waals surface area (Å²) < 4.78 is 6.76. The van der Waals surface area contributed by atoms with Gasteiger partial charge in [0.1, 0.15) is 5.58 Å². The molecule has 1 aromatic heterocycles. The van der Waals surface area contributed by atoms with Crippen LogP contribution in [0, 0.1) is 34.0 Å². The molecule has 3 nitrogen and oxygen atoms in total. The maximum absolute atomic E-state index is 6.76. The van der Waals surface area contributed by atoms with Gasteiger partial charge in [0.05, 0.1) is 11.7 Å². The van der Waals surface area contributed by atoms with Crippen LogP contribution in [0.15, 0.2) is 147 Å². The normalized spacial score (nSPS) is 19.5. The number of nitrogens with zero attached hydrogens (tertiary/aromatic N) is 1. The summed E-state index contributed by atoms with van der Waals surface area (Å²) in [6, 6.07) is 8.95. The second kappa shape index (κ2) is 22.3. The second-order valence-corrected chi connectivity index (χ2v) is 22.7. The topological polar surface area (TPSA) is 28.4 Å². The molecule has 0 fully saturated rings. The Balaban J connectivity index is 2.13. The van der Waals surface area contributed by atoms with Crippen molar-refractivity contribution in [3.8, 4) is 0 Å². The van der Waals surface area contributed by atoms with E-state index >= 15 is 0 Å². The molecule has 347 valence electrons. The number of rotatable bonds is 18. The summed E-state index contributed by atoms with van der Waals surface area (Å²) >= 11 is 0. The first-order chi connectivity index (χ1) is 29.9. The van der Waals surface area contributed by atoms with Gasteiger partial charge in [0.25, 0.3) is 0 Å². The monoisotopic (exact) mass is 864 g/mol. The third-order valence-corrected chi connectivity index (χ3v) is 13.1. The van der Waals surface area contributed by atoms with Crippen molar-refractivity contribution in [2.45, 2.75) is 168 Å². The second-order valence-electron chi connectivity index (χ2n) is 22.7. The van der Waals surface area contributed by atoms with Gasteiger partial charge in [-0.2, -0.15) is 0 Å². The van der Waals surface area contributed by atoms with Gasteiger partial charge in [-0.25, -0.2) is 0 Å². The molecule has 0 saturated heterocycles. The fraction of sp³-hybridized carbons (Fsp3) is 0.533. The van der Waals surface area contributed by atoms with Crippen LogP contribution < -0.4 is 11.0 Å². The predicted octanol–water partition coefficient (Wildman–Crippen LogP) is 16.4. The Kier molecular flexibility index (Phi) is 18.3. The molecule has 2 aromatic rings. The molecule has 3 atom stereocenters. The van der Waals surface area contributed by atoms with E-state index in [9.17, 15) is 0 Å². The molecular formula is C60H88BN2O. The molecule has 2 aliphatic rings. The molecule has 3 unspecified atom stereocenters. The van der Waals surface area contributed by atoms with E-state index in [4.69, 9.17) is 4.42 Å². The molecule has 64 heavy (non-hydrogen) atoms. The maximum atomic E-state index is 6.76. The first-order valence-corrected chi connectivity index (χ1v) is 24.7. The van der Waals surface area contributed by atoms with Gasteiger partial charge < -0.3 is 14.6 Å². The zero-order valence-electron chi connectivity index (χ0n) is 43.8. The van der Waals surface area contributed by atoms with Gasteiger partial charge in [-0.1, -0.05) is 182 Å². The zero-order valence-corrected chi connectivity index (χ0v) is 43.8. The van der Waals surface area contributed by atoms with Crippen LogP contribution in [0.5, 0.6) is 0 Å². The first-order valence-electron chi connectivity index (χ1n) is 24.7. The standard InChI is InChI=1S/C60H88BN2O/c1-19-23-26-43(7)50(41-58(11,12)13)53(27-24-35-57(8,9)10)63(49(25-20-2)34-36-62-48-31-28-45(29-32-48)42(5)6)54-38-44(21-3)51(60(17,18)22-4)40-52(54)61-56-39-46-37-47(59(14,15)16)30-33-55(46)64-56/h19-20,23-26,28,30-35,37,39-42,44-45,53,62H,21-22,27,29,36,38H2,1-18H3/b23-19-,25-20-,35-24+,43-26+,49-34+,50-41+. The van der Waals surface area contributed by atoms with E-state index in [0.29, 0.717) is 24.3 Å². The van der Waals surface area contributed by atoms with Gasteiger partial charge in [0, 0.05) is 29.0 Å². The lowest BCUT2D eigenvalue weighted by atomic mass is 9.59. The fourth-order valence-corrected chi connectivity index (χ4v) is 8.94. The number of furan rings is 1. The highest BCUT2D eigenvalue weighted by atomic mass is 16.3. The van der Waals surface area contributed by atoms with Crippen LogP contribution in [0.25, 0.3) is 11.0 Å². The lowest BCUT2D eigenvalue weighted by molar-refractivity contribution is 0.304. The first kappa shape index (κ1) is 52.4. The summed E-state index contributed by atoms with van der Waals surface area (Å²) in [5, 5.41) is 4.97. The number of nitrogens with one attached hydrogen (secondary N) is 1. The average molecular weight is 864 g/mol. The largest absolute Gasteiger partial charge is 0.472 e. The zero-order chi connectivity index (χ0) is 47.6. The van der Waals surface area contributed by atoms with Gasteiger partial charge in [0.15, 0.2) is 0 Å². The van der Waals surface area contributed by atoms with Crippen LogP contribution in [0.4, 0.5) is 0 Å². The van der Waals surface area contributed by atoms with Crippen molar-refractivity contribution < 1.29 is 4.42 Å². The lowest BCUT2D eigenvalue weighted by Gasteiger charge is -2.44. The van der Waals surface area contributed by atoms with E-state index in [2.05, 4.69) is 245 Å². The van der Waals surface area contributed by atoms with Crippen molar-refractivity contribution in [3.63, 3.8) is 0 Å². The minimum Gasteiger partial charge on any atom is -0.472 e. The lowest BCUT2D eigenvalue weighted by Crippen LogP contribution is -2.40. The quantitative estimate of drug-likeness (QED) is 0.0919. The van der Waals surface area contributed by atoms with Crippen molar-refractivity contribution in [2.24, 2.45) is 34.0 Å². The molecule has 0 bridgehead atoms. The molecule has 1 radical (unpaired) electrons. The van der Waals surface area contributed by atoms with E-state index in [1.807, 2.05) is 0 Å². The average Bonchev–Trinajstić information content (AvgIpc) is 3.62. The summed E-state index contributed by atoms with van der Waals surface area (Å²) in [6.45, 7) is 42.3. The van der Waals surface area contributed by atoms with Crippen molar-refractivity contribution in [3.05, 3.63) is 148 Å². The van der Waals surface area contributed by atoms with E-state index in [1.165, 1.54) is 44.8 Å². The molecule has 2 aliphatic carbocycles. The maximum Gasteiger partial charge on any atom is 0.243 e. The molecule has 4 rings (SSSR count). The van der Waals surface area contributed by atoms with Gasteiger partial charge >= 0.3 is 0 Å². The highest BCUT2D eigenvalue weighted by Crippen LogP contribution is 2.46. The number of hydrogen-bond donors (Lipinski definition) is 1. The fourth-order valence-electron chi connectivity index (χ4n) is 8.94. The highest BCUT2D eigenvalue weighted by Gasteiger charge is 2.37.